The first kappa shape index (κ1) is 20.3. The number of carbonyl (C=O) groups is 1. The summed E-state index contributed by atoms with van der Waals surface area (Å²) in [7, 11) is 0. The lowest BCUT2D eigenvalue weighted by molar-refractivity contribution is 0.101. The molecule has 0 bridgehead atoms. The first-order chi connectivity index (χ1) is 15.0. The van der Waals surface area contributed by atoms with Crippen LogP contribution in [0, 0.1) is 13.8 Å². The number of aryl methyl sites for hydroxylation is 2. The lowest BCUT2D eigenvalue weighted by atomic mass is 10.1. The maximum atomic E-state index is 12.9. The number of anilines is 1. The summed E-state index contributed by atoms with van der Waals surface area (Å²) in [5.74, 6) is 1.12. The van der Waals surface area contributed by atoms with Crippen LogP contribution in [0.5, 0.6) is 5.75 Å². The highest BCUT2D eigenvalue weighted by Crippen LogP contribution is 2.24. The van der Waals surface area contributed by atoms with Crippen LogP contribution in [0.25, 0.3) is 17.1 Å². The van der Waals surface area contributed by atoms with Crippen molar-refractivity contribution >= 4 is 11.6 Å². The molecule has 0 aliphatic carbocycles. The molecule has 0 atom stereocenters. The molecular weight excluding hydrogens is 388 g/mol. The van der Waals surface area contributed by atoms with E-state index in [0.29, 0.717) is 18.1 Å². The van der Waals surface area contributed by atoms with Gasteiger partial charge in [-0.15, -0.1) is 5.10 Å². The van der Waals surface area contributed by atoms with Gasteiger partial charge in [-0.25, -0.2) is 9.67 Å². The van der Waals surface area contributed by atoms with E-state index in [2.05, 4.69) is 15.4 Å². The van der Waals surface area contributed by atoms with E-state index in [1.807, 2.05) is 93.6 Å². The Kier molecular flexibility index (Phi) is 5.80. The summed E-state index contributed by atoms with van der Waals surface area (Å²) in [5.41, 5.74) is 4.64. The molecule has 0 unspecified atom stereocenters. The zero-order valence-corrected chi connectivity index (χ0v) is 17.8. The average molecular weight is 412 g/mol. The highest BCUT2D eigenvalue weighted by molar-refractivity contribution is 6.01. The van der Waals surface area contributed by atoms with Crippen molar-refractivity contribution in [1.82, 2.24) is 14.8 Å². The Morgan fingerprint density at radius 1 is 0.903 bits per heavy atom. The molecule has 6 heteroatoms. The SMILES string of the molecule is CCOc1ccc(-n2nc(C(=O)Nc3ccc(C)cc3)nc2-c2ccc(C)cc2)cc1. The standard InChI is InChI=1S/C25H24N4O2/c1-4-31-22-15-13-21(14-16-22)29-24(19-9-5-17(2)6-10-19)27-23(28-29)25(30)26-20-11-7-18(3)8-12-20/h5-16H,4H2,1-3H3,(H,26,30). The van der Waals surface area contributed by atoms with Gasteiger partial charge in [0.25, 0.3) is 5.91 Å². The molecule has 0 saturated heterocycles. The van der Waals surface area contributed by atoms with Crippen molar-refractivity contribution in [3.8, 4) is 22.8 Å². The van der Waals surface area contributed by atoms with E-state index in [4.69, 9.17) is 4.74 Å². The molecule has 31 heavy (non-hydrogen) atoms. The summed E-state index contributed by atoms with van der Waals surface area (Å²) in [4.78, 5) is 17.4. The molecule has 156 valence electrons. The van der Waals surface area contributed by atoms with Crippen LogP contribution in [-0.2, 0) is 0 Å². The van der Waals surface area contributed by atoms with Crippen molar-refractivity contribution in [2.24, 2.45) is 0 Å². The molecule has 0 saturated carbocycles. The maximum absolute atomic E-state index is 12.9. The number of nitrogens with one attached hydrogen (secondary N) is 1. The van der Waals surface area contributed by atoms with Gasteiger partial charge < -0.3 is 10.1 Å². The lowest BCUT2D eigenvalue weighted by Crippen LogP contribution is -2.14. The number of carbonyl (C=O) groups excluding carboxylic acids is 1. The van der Waals surface area contributed by atoms with Gasteiger partial charge in [0, 0.05) is 11.3 Å². The number of rotatable bonds is 6. The minimum atomic E-state index is -0.359. The lowest BCUT2D eigenvalue weighted by Gasteiger charge is -2.08. The third-order valence-electron chi connectivity index (χ3n) is 4.82. The van der Waals surface area contributed by atoms with Gasteiger partial charge in [-0.3, -0.25) is 4.79 Å². The summed E-state index contributed by atoms with van der Waals surface area (Å²) in [6.45, 7) is 6.57. The van der Waals surface area contributed by atoms with Gasteiger partial charge >= 0.3 is 0 Å². The molecule has 1 aromatic heterocycles. The molecule has 1 amide bonds. The Labute approximate surface area is 181 Å². The summed E-state index contributed by atoms with van der Waals surface area (Å²) >= 11 is 0. The smallest absolute Gasteiger partial charge is 0.295 e. The molecule has 0 aliphatic heterocycles. The van der Waals surface area contributed by atoms with Gasteiger partial charge in [-0.05, 0) is 57.2 Å². The number of benzene rings is 3. The van der Waals surface area contributed by atoms with Crippen molar-refractivity contribution in [1.29, 1.82) is 0 Å². The van der Waals surface area contributed by atoms with Crippen LogP contribution in [-0.4, -0.2) is 27.3 Å². The second-order valence-corrected chi connectivity index (χ2v) is 7.28. The van der Waals surface area contributed by atoms with Gasteiger partial charge in [0.2, 0.25) is 5.82 Å². The number of ether oxygens (including phenoxy) is 1. The van der Waals surface area contributed by atoms with Gasteiger partial charge in [-0.2, -0.15) is 0 Å². The predicted molar refractivity (Wildman–Crippen MR) is 122 cm³/mol. The number of aromatic nitrogens is 3. The van der Waals surface area contributed by atoms with E-state index in [9.17, 15) is 4.79 Å². The van der Waals surface area contributed by atoms with Crippen LogP contribution in [0.3, 0.4) is 0 Å². The Bertz CT molecular complexity index is 1180. The van der Waals surface area contributed by atoms with E-state index in [-0.39, 0.29) is 11.7 Å². The fraction of sp³-hybridized carbons (Fsp3) is 0.160. The molecule has 0 radical (unpaired) electrons. The summed E-state index contributed by atoms with van der Waals surface area (Å²) < 4.78 is 7.22. The molecular formula is C25H24N4O2. The number of amides is 1. The number of hydrogen-bond donors (Lipinski definition) is 1. The van der Waals surface area contributed by atoms with E-state index in [1.165, 1.54) is 0 Å². The van der Waals surface area contributed by atoms with Crippen molar-refractivity contribution in [3.63, 3.8) is 0 Å². The van der Waals surface area contributed by atoms with Crippen LogP contribution >= 0.6 is 0 Å². The molecule has 4 aromatic rings. The Morgan fingerprint density at radius 2 is 1.52 bits per heavy atom. The summed E-state index contributed by atoms with van der Waals surface area (Å²) in [6.07, 6.45) is 0. The topological polar surface area (TPSA) is 69.0 Å². The maximum Gasteiger partial charge on any atom is 0.295 e. The van der Waals surface area contributed by atoms with Gasteiger partial charge in [0.1, 0.15) is 5.75 Å². The molecule has 1 N–H and O–H groups in total. The quantitative estimate of drug-likeness (QED) is 0.472. The van der Waals surface area contributed by atoms with E-state index >= 15 is 0 Å². The second-order valence-electron chi connectivity index (χ2n) is 7.28. The van der Waals surface area contributed by atoms with E-state index in [0.717, 1.165) is 28.1 Å². The largest absolute Gasteiger partial charge is 0.494 e. The van der Waals surface area contributed by atoms with Crippen LogP contribution in [0.1, 0.15) is 28.7 Å². The fourth-order valence-electron chi connectivity index (χ4n) is 3.15. The third-order valence-corrected chi connectivity index (χ3v) is 4.82. The minimum Gasteiger partial charge on any atom is -0.494 e. The fourth-order valence-corrected chi connectivity index (χ4v) is 3.15. The zero-order valence-electron chi connectivity index (χ0n) is 17.8. The van der Waals surface area contributed by atoms with E-state index < -0.39 is 0 Å². The van der Waals surface area contributed by atoms with Crippen molar-refractivity contribution in [2.45, 2.75) is 20.8 Å². The summed E-state index contributed by atoms with van der Waals surface area (Å²) in [6, 6.07) is 23.2. The van der Waals surface area contributed by atoms with Crippen molar-refractivity contribution in [2.75, 3.05) is 11.9 Å². The second kappa shape index (κ2) is 8.83. The van der Waals surface area contributed by atoms with Crippen LogP contribution < -0.4 is 10.1 Å². The van der Waals surface area contributed by atoms with Crippen LogP contribution in [0.4, 0.5) is 5.69 Å². The van der Waals surface area contributed by atoms with E-state index in [1.54, 1.807) is 4.68 Å². The number of hydrogen-bond acceptors (Lipinski definition) is 4. The molecule has 6 nitrogen and oxygen atoms in total. The average Bonchev–Trinajstić information content (AvgIpc) is 3.22. The first-order valence-electron chi connectivity index (χ1n) is 10.2. The minimum absolute atomic E-state index is 0.102. The number of nitrogens with zero attached hydrogens (tertiary/aromatic N) is 3. The summed E-state index contributed by atoms with van der Waals surface area (Å²) in [5, 5.41) is 7.39. The van der Waals surface area contributed by atoms with Crippen LogP contribution in [0.15, 0.2) is 72.8 Å². The molecule has 0 aliphatic rings. The van der Waals surface area contributed by atoms with Crippen molar-refractivity contribution in [3.05, 3.63) is 89.7 Å². The molecule has 3 aromatic carbocycles. The molecule has 0 fully saturated rings. The molecule has 4 rings (SSSR count). The van der Waals surface area contributed by atoms with Gasteiger partial charge in [0.05, 0.1) is 12.3 Å². The monoisotopic (exact) mass is 412 g/mol. The van der Waals surface area contributed by atoms with Gasteiger partial charge in [-0.1, -0.05) is 47.5 Å². The predicted octanol–water partition coefficient (Wildman–Crippen LogP) is 5.20. The van der Waals surface area contributed by atoms with Crippen LogP contribution in [0.2, 0.25) is 0 Å². The molecule has 0 spiro atoms. The first-order valence-corrected chi connectivity index (χ1v) is 10.2. The highest BCUT2D eigenvalue weighted by Gasteiger charge is 2.19. The molecule has 1 heterocycles. The Morgan fingerprint density at radius 3 is 2.13 bits per heavy atom. The Hall–Kier alpha value is -3.93. The Balaban J connectivity index is 1.71. The third kappa shape index (κ3) is 4.64. The van der Waals surface area contributed by atoms with Crippen molar-refractivity contribution < 1.29 is 9.53 Å². The van der Waals surface area contributed by atoms with Gasteiger partial charge in [0.15, 0.2) is 5.82 Å². The zero-order chi connectivity index (χ0) is 21.8. The highest BCUT2D eigenvalue weighted by atomic mass is 16.5. The normalized spacial score (nSPS) is 10.7.